The summed E-state index contributed by atoms with van der Waals surface area (Å²) < 4.78 is 4.40. The molecule has 1 aromatic heterocycles. The number of anilines is 1. The van der Waals surface area contributed by atoms with Crippen molar-refractivity contribution in [2.24, 2.45) is 0 Å². The molecule has 0 unspecified atom stereocenters. The van der Waals surface area contributed by atoms with E-state index in [1.54, 1.807) is 0 Å². The van der Waals surface area contributed by atoms with Crippen LogP contribution in [0.1, 0.15) is 5.56 Å². The quantitative estimate of drug-likeness (QED) is 0.449. The molecule has 1 rings (SSSR count). The summed E-state index contributed by atoms with van der Waals surface area (Å²) in [6.45, 7) is 0. The number of methoxy groups -OCH3 is 1. The number of aromatic nitrogens is 2. The molecule has 0 aliphatic heterocycles. The third-order valence-electron chi connectivity index (χ3n) is 1.39. The molecular weight excluding hydrogens is 206 g/mol. The number of ether oxygens (including phenoxy) is 1. The van der Waals surface area contributed by atoms with Crippen molar-refractivity contribution >= 4 is 29.6 Å². The molecule has 0 bridgehead atoms. The fraction of sp³-hybridized carbons (Fsp3) is 0.125. The zero-order valence-electron chi connectivity index (χ0n) is 7.40. The molecule has 0 aliphatic rings. The lowest BCUT2D eigenvalue weighted by atomic mass is 10.3. The van der Waals surface area contributed by atoms with Crippen LogP contribution in [0.4, 0.5) is 5.95 Å². The predicted octanol–water partition coefficient (Wildman–Crippen LogP) is 0.898. The van der Waals surface area contributed by atoms with Gasteiger partial charge in [0.1, 0.15) is 5.15 Å². The van der Waals surface area contributed by atoms with Crippen molar-refractivity contribution in [3.63, 3.8) is 0 Å². The summed E-state index contributed by atoms with van der Waals surface area (Å²) >= 11 is 5.72. The van der Waals surface area contributed by atoms with Crippen molar-refractivity contribution in [1.82, 2.24) is 9.97 Å². The van der Waals surface area contributed by atoms with Crippen LogP contribution in [0.5, 0.6) is 0 Å². The monoisotopic (exact) mass is 213 g/mol. The molecule has 1 aromatic rings. The summed E-state index contributed by atoms with van der Waals surface area (Å²) in [6, 6.07) is 0. The Morgan fingerprint density at radius 3 is 3.00 bits per heavy atom. The molecule has 0 atom stereocenters. The van der Waals surface area contributed by atoms with E-state index in [2.05, 4.69) is 14.7 Å². The van der Waals surface area contributed by atoms with Crippen molar-refractivity contribution in [1.29, 1.82) is 0 Å². The van der Waals surface area contributed by atoms with Crippen molar-refractivity contribution in [2.45, 2.75) is 0 Å². The lowest BCUT2D eigenvalue weighted by Crippen LogP contribution is -1.96. The van der Waals surface area contributed by atoms with Crippen LogP contribution >= 0.6 is 11.6 Å². The second-order valence-electron chi connectivity index (χ2n) is 2.33. The second-order valence-corrected chi connectivity index (χ2v) is 2.69. The highest BCUT2D eigenvalue weighted by Crippen LogP contribution is 2.13. The molecule has 0 saturated carbocycles. The van der Waals surface area contributed by atoms with Gasteiger partial charge in [0.2, 0.25) is 5.95 Å². The first-order valence-electron chi connectivity index (χ1n) is 3.67. The fourth-order valence-electron chi connectivity index (χ4n) is 0.721. The Morgan fingerprint density at radius 1 is 1.71 bits per heavy atom. The zero-order chi connectivity index (χ0) is 10.6. The van der Waals surface area contributed by atoms with Crippen LogP contribution in [0.3, 0.4) is 0 Å². The number of rotatable bonds is 2. The third-order valence-corrected chi connectivity index (χ3v) is 1.69. The number of nitrogen functional groups attached to an aromatic ring is 1. The standard InChI is InChI=1S/C8H8ClN3O2/c1-14-6(13)3-2-5-4-11-8(10)12-7(5)9/h2-4H,1H3,(H2,10,11,12). The SMILES string of the molecule is COC(=O)C=Cc1cnc(N)nc1Cl. The van der Waals surface area contributed by atoms with Gasteiger partial charge in [-0.25, -0.2) is 14.8 Å². The molecule has 0 aliphatic carbocycles. The van der Waals surface area contributed by atoms with Gasteiger partial charge in [0.05, 0.1) is 7.11 Å². The number of nitrogens with zero attached hydrogens (tertiary/aromatic N) is 2. The molecule has 2 N–H and O–H groups in total. The maximum Gasteiger partial charge on any atom is 0.330 e. The molecule has 0 saturated heterocycles. The van der Waals surface area contributed by atoms with Crippen LogP contribution in [0, 0.1) is 0 Å². The normalized spacial score (nSPS) is 10.4. The first-order valence-corrected chi connectivity index (χ1v) is 4.05. The summed E-state index contributed by atoms with van der Waals surface area (Å²) in [5.41, 5.74) is 5.79. The van der Waals surface area contributed by atoms with E-state index < -0.39 is 5.97 Å². The first-order chi connectivity index (χ1) is 6.63. The van der Waals surface area contributed by atoms with Crippen LogP contribution in [0.15, 0.2) is 12.3 Å². The van der Waals surface area contributed by atoms with E-state index >= 15 is 0 Å². The Hall–Kier alpha value is -1.62. The highest BCUT2D eigenvalue weighted by Gasteiger charge is 2.00. The zero-order valence-corrected chi connectivity index (χ0v) is 8.15. The molecule has 1 heterocycles. The van der Waals surface area contributed by atoms with E-state index in [1.807, 2.05) is 0 Å². The van der Waals surface area contributed by atoms with Gasteiger partial charge >= 0.3 is 5.97 Å². The van der Waals surface area contributed by atoms with Crippen LogP contribution in [0.2, 0.25) is 5.15 Å². The summed E-state index contributed by atoms with van der Waals surface area (Å²) in [4.78, 5) is 18.2. The van der Waals surface area contributed by atoms with Gasteiger partial charge < -0.3 is 10.5 Å². The molecule has 0 aromatic carbocycles. The number of halogens is 1. The van der Waals surface area contributed by atoms with E-state index in [0.29, 0.717) is 5.56 Å². The number of esters is 1. The minimum atomic E-state index is -0.474. The Bertz CT molecular complexity index is 379. The molecule has 0 spiro atoms. The van der Waals surface area contributed by atoms with Crippen LogP contribution < -0.4 is 5.73 Å². The summed E-state index contributed by atoms with van der Waals surface area (Å²) in [5, 5.41) is 0.192. The predicted molar refractivity (Wildman–Crippen MR) is 52.5 cm³/mol. The van der Waals surface area contributed by atoms with Gasteiger partial charge in [-0.05, 0) is 6.08 Å². The second kappa shape index (κ2) is 4.57. The van der Waals surface area contributed by atoms with E-state index in [0.717, 1.165) is 0 Å². The van der Waals surface area contributed by atoms with Crippen LogP contribution in [0.25, 0.3) is 6.08 Å². The average Bonchev–Trinajstić information content (AvgIpc) is 2.16. The number of hydrogen-bond donors (Lipinski definition) is 1. The minimum absolute atomic E-state index is 0.0882. The maximum atomic E-state index is 10.7. The van der Waals surface area contributed by atoms with Crippen molar-refractivity contribution in [3.05, 3.63) is 23.0 Å². The van der Waals surface area contributed by atoms with Crippen molar-refractivity contribution in [2.75, 3.05) is 12.8 Å². The van der Waals surface area contributed by atoms with E-state index in [1.165, 1.54) is 25.5 Å². The fourth-order valence-corrected chi connectivity index (χ4v) is 0.919. The molecule has 6 heteroatoms. The summed E-state index contributed by atoms with van der Waals surface area (Å²) in [5.74, 6) is -0.386. The van der Waals surface area contributed by atoms with E-state index in [9.17, 15) is 4.79 Å². The maximum absolute atomic E-state index is 10.7. The molecule has 5 nitrogen and oxygen atoms in total. The number of nitrogens with two attached hydrogens (primary N) is 1. The Kier molecular flexibility index (Phi) is 3.41. The summed E-state index contributed by atoms with van der Waals surface area (Å²) in [6.07, 6.45) is 4.10. The van der Waals surface area contributed by atoms with Gasteiger partial charge in [-0.1, -0.05) is 11.6 Å². The Morgan fingerprint density at radius 2 is 2.43 bits per heavy atom. The van der Waals surface area contributed by atoms with Gasteiger partial charge in [-0.15, -0.1) is 0 Å². The van der Waals surface area contributed by atoms with Crippen molar-refractivity contribution < 1.29 is 9.53 Å². The molecule has 0 radical (unpaired) electrons. The Balaban J connectivity index is 2.87. The first kappa shape index (κ1) is 10.5. The van der Waals surface area contributed by atoms with Crippen molar-refractivity contribution in [3.8, 4) is 0 Å². The molecule has 14 heavy (non-hydrogen) atoms. The molecule has 0 amide bonds. The number of hydrogen-bond acceptors (Lipinski definition) is 5. The highest BCUT2D eigenvalue weighted by atomic mass is 35.5. The smallest absolute Gasteiger partial charge is 0.330 e. The van der Waals surface area contributed by atoms with Crippen LogP contribution in [-0.2, 0) is 9.53 Å². The largest absolute Gasteiger partial charge is 0.466 e. The van der Waals surface area contributed by atoms with Gasteiger partial charge in [0.25, 0.3) is 0 Å². The third kappa shape index (κ3) is 2.70. The lowest BCUT2D eigenvalue weighted by molar-refractivity contribution is -0.134. The van der Waals surface area contributed by atoms with Gasteiger partial charge in [0.15, 0.2) is 0 Å². The van der Waals surface area contributed by atoms with Gasteiger partial charge in [0, 0.05) is 17.8 Å². The highest BCUT2D eigenvalue weighted by molar-refractivity contribution is 6.31. The Labute approximate surface area is 85.6 Å². The van der Waals surface area contributed by atoms with Crippen LogP contribution in [-0.4, -0.2) is 23.0 Å². The topological polar surface area (TPSA) is 78.1 Å². The molecular formula is C8H8ClN3O2. The van der Waals surface area contributed by atoms with E-state index in [4.69, 9.17) is 17.3 Å². The summed E-state index contributed by atoms with van der Waals surface area (Å²) in [7, 11) is 1.29. The minimum Gasteiger partial charge on any atom is -0.466 e. The van der Waals surface area contributed by atoms with Gasteiger partial charge in [-0.2, -0.15) is 0 Å². The lowest BCUT2D eigenvalue weighted by Gasteiger charge is -1.97. The van der Waals surface area contributed by atoms with E-state index in [-0.39, 0.29) is 11.1 Å². The van der Waals surface area contributed by atoms with Gasteiger partial charge in [-0.3, -0.25) is 0 Å². The average molecular weight is 214 g/mol. The molecule has 0 fully saturated rings. The molecule has 74 valence electrons. The number of carbonyl (C=O) groups excluding carboxylic acids is 1. The number of carbonyl (C=O) groups is 1.